The molecule has 0 aliphatic heterocycles. The van der Waals surface area contributed by atoms with E-state index in [1.807, 2.05) is 0 Å². The summed E-state index contributed by atoms with van der Waals surface area (Å²) in [6.07, 6.45) is 2.75. The number of hydrogen-bond acceptors (Lipinski definition) is 4. The molecular formula is C17H15NO5. The fourth-order valence-corrected chi connectivity index (χ4v) is 1.94. The second kappa shape index (κ2) is 7.13. The fraction of sp³-hybridized carbons (Fsp3) is 0.0588. The summed E-state index contributed by atoms with van der Waals surface area (Å²) >= 11 is 0. The third kappa shape index (κ3) is 4.10. The largest absolute Gasteiger partial charge is 0.504 e. The van der Waals surface area contributed by atoms with Crippen molar-refractivity contribution in [2.75, 3.05) is 12.4 Å². The summed E-state index contributed by atoms with van der Waals surface area (Å²) in [5, 5.41) is 21.2. The zero-order chi connectivity index (χ0) is 16.8. The number of benzene rings is 2. The van der Waals surface area contributed by atoms with Crippen LogP contribution in [0.2, 0.25) is 0 Å². The van der Waals surface area contributed by atoms with Gasteiger partial charge in [-0.3, -0.25) is 4.79 Å². The number of phenols is 1. The molecule has 2 aromatic rings. The quantitative estimate of drug-likeness (QED) is 0.738. The van der Waals surface area contributed by atoms with E-state index in [4.69, 9.17) is 9.84 Å². The third-order valence-electron chi connectivity index (χ3n) is 3.05. The maximum absolute atomic E-state index is 11.9. The minimum absolute atomic E-state index is 0.0105. The molecule has 118 valence electrons. The lowest BCUT2D eigenvalue weighted by Crippen LogP contribution is -2.11. The number of phenolic OH excluding ortho intramolecular Hbond substituents is 1. The van der Waals surface area contributed by atoms with Crippen LogP contribution in [0.4, 0.5) is 5.69 Å². The van der Waals surface area contributed by atoms with Gasteiger partial charge in [-0.2, -0.15) is 0 Å². The van der Waals surface area contributed by atoms with Gasteiger partial charge in [-0.25, -0.2) is 4.79 Å². The number of methoxy groups -OCH3 is 1. The van der Waals surface area contributed by atoms with Crippen LogP contribution < -0.4 is 10.1 Å². The molecule has 6 nitrogen and oxygen atoms in total. The van der Waals surface area contributed by atoms with Gasteiger partial charge in [0.05, 0.1) is 18.4 Å². The highest BCUT2D eigenvalue weighted by molar-refractivity contribution is 6.06. The lowest BCUT2D eigenvalue weighted by molar-refractivity contribution is -0.111. The summed E-state index contributed by atoms with van der Waals surface area (Å²) in [7, 11) is 1.44. The van der Waals surface area contributed by atoms with E-state index in [0.717, 1.165) is 0 Å². The summed E-state index contributed by atoms with van der Waals surface area (Å²) in [6.45, 7) is 0. The van der Waals surface area contributed by atoms with Crippen molar-refractivity contribution in [3.8, 4) is 11.5 Å². The fourth-order valence-electron chi connectivity index (χ4n) is 1.94. The summed E-state index contributed by atoms with van der Waals surface area (Å²) in [5.41, 5.74) is 0.827. The van der Waals surface area contributed by atoms with Gasteiger partial charge in [0.1, 0.15) is 0 Å². The standard InChI is InChI=1S/C17H15NO5/c1-23-15-8-6-11(10-14(15)19)7-9-16(20)18-13-5-3-2-4-12(13)17(21)22/h2-10,19H,1H3,(H,18,20)(H,21,22)/b9-7+. The second-order valence-corrected chi connectivity index (χ2v) is 4.60. The van der Waals surface area contributed by atoms with Gasteiger partial charge in [-0.05, 0) is 35.9 Å². The van der Waals surface area contributed by atoms with E-state index < -0.39 is 11.9 Å². The molecule has 0 heterocycles. The Morgan fingerprint density at radius 1 is 1.17 bits per heavy atom. The molecule has 2 rings (SSSR count). The van der Waals surface area contributed by atoms with Crippen molar-refractivity contribution in [2.24, 2.45) is 0 Å². The minimum Gasteiger partial charge on any atom is -0.504 e. The van der Waals surface area contributed by atoms with Crippen molar-refractivity contribution in [1.29, 1.82) is 0 Å². The van der Waals surface area contributed by atoms with E-state index in [1.54, 1.807) is 24.3 Å². The molecule has 23 heavy (non-hydrogen) atoms. The number of hydrogen-bond donors (Lipinski definition) is 3. The molecule has 1 amide bonds. The Bertz CT molecular complexity index is 767. The highest BCUT2D eigenvalue weighted by Gasteiger charge is 2.10. The van der Waals surface area contributed by atoms with Crippen LogP contribution in [-0.2, 0) is 4.79 Å². The van der Waals surface area contributed by atoms with Crippen molar-refractivity contribution < 1.29 is 24.5 Å². The number of anilines is 1. The van der Waals surface area contributed by atoms with E-state index in [2.05, 4.69) is 5.32 Å². The molecule has 0 saturated carbocycles. The average molecular weight is 313 g/mol. The topological polar surface area (TPSA) is 95.9 Å². The Hall–Kier alpha value is -3.28. The number of carbonyl (C=O) groups is 2. The van der Waals surface area contributed by atoms with Gasteiger partial charge < -0.3 is 20.3 Å². The number of carbonyl (C=O) groups excluding carboxylic acids is 1. The van der Waals surface area contributed by atoms with E-state index in [1.165, 1.54) is 37.5 Å². The molecule has 2 aromatic carbocycles. The normalized spacial score (nSPS) is 10.5. The molecule has 0 bridgehead atoms. The predicted molar refractivity (Wildman–Crippen MR) is 85.7 cm³/mol. The molecule has 0 aliphatic carbocycles. The summed E-state index contributed by atoms with van der Waals surface area (Å²) < 4.78 is 4.93. The smallest absolute Gasteiger partial charge is 0.337 e. The van der Waals surface area contributed by atoms with Gasteiger partial charge in [0.15, 0.2) is 11.5 Å². The molecule has 0 saturated heterocycles. The summed E-state index contributed by atoms with van der Waals surface area (Å²) in [4.78, 5) is 23.0. The first kappa shape index (κ1) is 16.1. The lowest BCUT2D eigenvalue weighted by Gasteiger charge is -2.06. The van der Waals surface area contributed by atoms with Crippen molar-refractivity contribution in [3.05, 3.63) is 59.7 Å². The zero-order valence-corrected chi connectivity index (χ0v) is 12.3. The maximum atomic E-state index is 11.9. The molecule has 0 aromatic heterocycles. The van der Waals surface area contributed by atoms with Crippen LogP contribution in [0.25, 0.3) is 6.08 Å². The number of ether oxygens (including phenoxy) is 1. The summed E-state index contributed by atoms with van der Waals surface area (Å²) in [5.74, 6) is -1.30. The number of amides is 1. The molecule has 3 N–H and O–H groups in total. The average Bonchev–Trinajstić information content (AvgIpc) is 2.53. The number of para-hydroxylation sites is 1. The molecule has 6 heteroatoms. The van der Waals surface area contributed by atoms with Crippen molar-refractivity contribution in [3.63, 3.8) is 0 Å². The number of carboxylic acids is 1. The van der Waals surface area contributed by atoms with Gasteiger partial charge in [0, 0.05) is 6.08 Å². The number of carboxylic acid groups (broad SMARTS) is 1. The molecule has 0 aliphatic rings. The van der Waals surface area contributed by atoms with E-state index in [0.29, 0.717) is 11.3 Å². The SMILES string of the molecule is COc1ccc(/C=C/C(=O)Nc2ccccc2C(=O)O)cc1O. The monoisotopic (exact) mass is 313 g/mol. The molecule has 0 spiro atoms. The van der Waals surface area contributed by atoms with Crippen molar-refractivity contribution >= 4 is 23.6 Å². The van der Waals surface area contributed by atoms with Crippen LogP contribution in [0, 0.1) is 0 Å². The predicted octanol–water partition coefficient (Wildman–Crippen LogP) is 2.75. The first-order valence-electron chi connectivity index (χ1n) is 6.69. The van der Waals surface area contributed by atoms with Crippen molar-refractivity contribution in [1.82, 2.24) is 0 Å². The number of nitrogens with one attached hydrogen (secondary N) is 1. The Morgan fingerprint density at radius 3 is 2.57 bits per heavy atom. The van der Waals surface area contributed by atoms with Gasteiger partial charge in [-0.15, -0.1) is 0 Å². The number of rotatable bonds is 5. The Labute approximate surface area is 132 Å². The molecule has 0 unspecified atom stereocenters. The van der Waals surface area contributed by atoms with E-state index in [-0.39, 0.29) is 17.0 Å². The first-order valence-corrected chi connectivity index (χ1v) is 6.69. The molecule has 0 fully saturated rings. The van der Waals surface area contributed by atoms with E-state index >= 15 is 0 Å². The van der Waals surface area contributed by atoms with Crippen LogP contribution in [0.1, 0.15) is 15.9 Å². The van der Waals surface area contributed by atoms with Gasteiger partial charge in [0.25, 0.3) is 0 Å². The third-order valence-corrected chi connectivity index (χ3v) is 3.05. The van der Waals surface area contributed by atoms with Crippen LogP contribution in [0.3, 0.4) is 0 Å². The molecule has 0 atom stereocenters. The molecule has 0 radical (unpaired) electrons. The number of aromatic hydroxyl groups is 1. The lowest BCUT2D eigenvalue weighted by atomic mass is 10.1. The van der Waals surface area contributed by atoms with Crippen LogP contribution in [0.15, 0.2) is 48.5 Å². The van der Waals surface area contributed by atoms with Crippen LogP contribution in [-0.4, -0.2) is 29.2 Å². The van der Waals surface area contributed by atoms with Gasteiger partial charge in [-0.1, -0.05) is 18.2 Å². The van der Waals surface area contributed by atoms with Crippen molar-refractivity contribution in [2.45, 2.75) is 0 Å². The van der Waals surface area contributed by atoms with Crippen LogP contribution >= 0.6 is 0 Å². The highest BCUT2D eigenvalue weighted by atomic mass is 16.5. The molecular weight excluding hydrogens is 298 g/mol. The van der Waals surface area contributed by atoms with Crippen LogP contribution in [0.5, 0.6) is 11.5 Å². The van der Waals surface area contributed by atoms with Gasteiger partial charge >= 0.3 is 5.97 Å². The van der Waals surface area contributed by atoms with E-state index in [9.17, 15) is 14.7 Å². The first-order chi connectivity index (χ1) is 11.0. The highest BCUT2D eigenvalue weighted by Crippen LogP contribution is 2.26. The van der Waals surface area contributed by atoms with Gasteiger partial charge in [0.2, 0.25) is 5.91 Å². The Kier molecular flexibility index (Phi) is 4.99. The Balaban J connectivity index is 2.11. The zero-order valence-electron chi connectivity index (χ0n) is 12.3. The summed E-state index contributed by atoms with van der Waals surface area (Å²) in [6, 6.07) is 10.8. The maximum Gasteiger partial charge on any atom is 0.337 e. The Morgan fingerprint density at radius 2 is 1.91 bits per heavy atom. The number of aromatic carboxylic acids is 1. The minimum atomic E-state index is -1.12. The second-order valence-electron chi connectivity index (χ2n) is 4.60.